The third-order valence-electron chi connectivity index (χ3n) is 7.14. The molecule has 36 heavy (non-hydrogen) atoms. The lowest BCUT2D eigenvalue weighted by Gasteiger charge is -2.26. The van der Waals surface area contributed by atoms with E-state index in [0.717, 1.165) is 44.0 Å². The Morgan fingerprint density at radius 2 is 1.28 bits per heavy atom. The lowest BCUT2D eigenvalue weighted by molar-refractivity contribution is 0.374. The maximum absolute atomic E-state index is 11.2. The van der Waals surface area contributed by atoms with Crippen LogP contribution in [0.3, 0.4) is 0 Å². The number of hydrogen-bond donors (Lipinski definition) is 4. The standard InChI is InChI=1S/C30H24O6/c1-35-25-13-23(21-7-3-15-11-17(31)5-9-19(15)27(21)29(25)33)24-14-26(36-2)30(34)28-20-10-6-18(32)12-16(20)4-8-22(24)28/h3,5-7,9-14,31-34H,4,8H2,1-2H3. The predicted octanol–water partition coefficient (Wildman–Crippen LogP) is 6.27. The quantitative estimate of drug-likeness (QED) is 0.227. The maximum Gasteiger partial charge on any atom is 0.166 e. The topological polar surface area (TPSA) is 99.4 Å². The molecule has 0 aromatic heterocycles. The average molecular weight is 481 g/mol. The molecule has 1 aliphatic rings. The van der Waals surface area contributed by atoms with Gasteiger partial charge in [0.15, 0.2) is 23.0 Å². The lowest BCUT2D eigenvalue weighted by Crippen LogP contribution is -2.07. The van der Waals surface area contributed by atoms with Gasteiger partial charge in [-0.3, -0.25) is 0 Å². The molecule has 0 spiro atoms. The van der Waals surface area contributed by atoms with Crippen LogP contribution in [0, 0.1) is 0 Å². The third-order valence-corrected chi connectivity index (χ3v) is 7.14. The summed E-state index contributed by atoms with van der Waals surface area (Å²) >= 11 is 0. The van der Waals surface area contributed by atoms with Gasteiger partial charge in [0, 0.05) is 10.9 Å². The van der Waals surface area contributed by atoms with Crippen LogP contribution in [0.15, 0.2) is 60.7 Å². The minimum atomic E-state index is 0.0213. The zero-order valence-corrected chi connectivity index (χ0v) is 19.8. The van der Waals surface area contributed by atoms with E-state index in [1.807, 2.05) is 30.3 Å². The molecule has 0 aliphatic heterocycles. The molecule has 0 amide bonds. The molecule has 1 aliphatic carbocycles. The molecule has 5 aromatic rings. The summed E-state index contributed by atoms with van der Waals surface area (Å²) in [5.41, 5.74) is 5.12. The zero-order chi connectivity index (χ0) is 25.1. The molecular formula is C30H24O6. The first kappa shape index (κ1) is 21.9. The van der Waals surface area contributed by atoms with Crippen LogP contribution in [0.5, 0.6) is 34.5 Å². The molecule has 5 aromatic carbocycles. The summed E-state index contributed by atoms with van der Waals surface area (Å²) in [6, 6.07) is 17.7. The van der Waals surface area contributed by atoms with Crippen molar-refractivity contribution in [2.24, 2.45) is 0 Å². The minimum Gasteiger partial charge on any atom is -0.508 e. The third kappa shape index (κ3) is 3.11. The highest BCUT2D eigenvalue weighted by molar-refractivity contribution is 6.16. The first-order valence-corrected chi connectivity index (χ1v) is 11.6. The summed E-state index contributed by atoms with van der Waals surface area (Å²) in [6.45, 7) is 0. The molecule has 0 fully saturated rings. The Morgan fingerprint density at radius 3 is 2.06 bits per heavy atom. The van der Waals surface area contributed by atoms with Crippen molar-refractivity contribution in [3.63, 3.8) is 0 Å². The van der Waals surface area contributed by atoms with Gasteiger partial charge >= 0.3 is 0 Å². The Bertz CT molecular complexity index is 1700. The highest BCUT2D eigenvalue weighted by atomic mass is 16.5. The van der Waals surface area contributed by atoms with Gasteiger partial charge in [-0.15, -0.1) is 0 Å². The molecule has 0 unspecified atom stereocenters. The van der Waals surface area contributed by atoms with Gasteiger partial charge < -0.3 is 29.9 Å². The van der Waals surface area contributed by atoms with E-state index in [1.54, 1.807) is 30.3 Å². The van der Waals surface area contributed by atoms with Crippen molar-refractivity contribution in [1.29, 1.82) is 0 Å². The second kappa shape index (κ2) is 7.99. The normalized spacial score (nSPS) is 12.4. The molecule has 4 N–H and O–H groups in total. The van der Waals surface area contributed by atoms with Gasteiger partial charge in [0.1, 0.15) is 11.5 Å². The second-order valence-electron chi connectivity index (χ2n) is 9.04. The Hall–Kier alpha value is -4.58. The van der Waals surface area contributed by atoms with E-state index in [2.05, 4.69) is 0 Å². The average Bonchev–Trinajstić information content (AvgIpc) is 2.88. The number of aryl methyl sites for hydroxylation is 1. The van der Waals surface area contributed by atoms with Crippen LogP contribution in [0.1, 0.15) is 11.1 Å². The summed E-state index contributed by atoms with van der Waals surface area (Å²) in [4.78, 5) is 0. The second-order valence-corrected chi connectivity index (χ2v) is 9.04. The van der Waals surface area contributed by atoms with Gasteiger partial charge in [0.05, 0.1) is 14.2 Å². The highest BCUT2D eigenvalue weighted by Crippen LogP contribution is 2.52. The van der Waals surface area contributed by atoms with Crippen molar-refractivity contribution in [1.82, 2.24) is 0 Å². The molecule has 0 radical (unpaired) electrons. The van der Waals surface area contributed by atoms with Crippen molar-refractivity contribution < 1.29 is 29.9 Å². The van der Waals surface area contributed by atoms with Gasteiger partial charge in [-0.1, -0.05) is 18.2 Å². The fourth-order valence-electron chi connectivity index (χ4n) is 5.50. The van der Waals surface area contributed by atoms with Gasteiger partial charge in [-0.25, -0.2) is 0 Å². The summed E-state index contributed by atoms with van der Waals surface area (Å²) in [5, 5.41) is 45.3. The highest BCUT2D eigenvalue weighted by Gasteiger charge is 2.27. The minimum absolute atomic E-state index is 0.0213. The van der Waals surface area contributed by atoms with Gasteiger partial charge in [0.2, 0.25) is 0 Å². The largest absolute Gasteiger partial charge is 0.508 e. The number of phenolic OH excluding ortho intramolecular Hbond substituents is 4. The number of ether oxygens (including phenoxy) is 2. The SMILES string of the molecule is COc1cc(-c2cc(OC)c(O)c3c2ccc2cc(O)ccc23)c2c(c1O)-c1ccc(O)cc1CC2. The molecule has 6 nitrogen and oxygen atoms in total. The maximum atomic E-state index is 11.2. The van der Waals surface area contributed by atoms with Gasteiger partial charge in [0.25, 0.3) is 0 Å². The van der Waals surface area contributed by atoms with E-state index in [0.29, 0.717) is 35.3 Å². The monoisotopic (exact) mass is 480 g/mol. The van der Waals surface area contributed by atoms with E-state index in [-0.39, 0.29) is 23.0 Å². The van der Waals surface area contributed by atoms with Crippen molar-refractivity contribution >= 4 is 21.5 Å². The van der Waals surface area contributed by atoms with Gasteiger partial charge in [-0.2, -0.15) is 0 Å². The van der Waals surface area contributed by atoms with Crippen LogP contribution in [-0.2, 0) is 12.8 Å². The molecule has 6 rings (SSSR count). The van der Waals surface area contributed by atoms with E-state index in [4.69, 9.17) is 9.47 Å². The summed E-state index contributed by atoms with van der Waals surface area (Å²) < 4.78 is 11.2. The van der Waals surface area contributed by atoms with Crippen molar-refractivity contribution in [3.8, 4) is 56.8 Å². The first-order chi connectivity index (χ1) is 17.4. The molecular weight excluding hydrogens is 456 g/mol. The van der Waals surface area contributed by atoms with Crippen LogP contribution in [0.4, 0.5) is 0 Å². The predicted molar refractivity (Wildman–Crippen MR) is 139 cm³/mol. The number of aromatic hydroxyl groups is 4. The summed E-state index contributed by atoms with van der Waals surface area (Å²) in [6.07, 6.45) is 1.34. The van der Waals surface area contributed by atoms with Gasteiger partial charge in [-0.05, 0) is 99.3 Å². The lowest BCUT2D eigenvalue weighted by atomic mass is 9.80. The summed E-state index contributed by atoms with van der Waals surface area (Å²) in [7, 11) is 3.03. The summed E-state index contributed by atoms with van der Waals surface area (Å²) in [5.74, 6) is 1.06. The molecule has 0 atom stereocenters. The molecule has 0 saturated carbocycles. The number of benzene rings is 5. The fourth-order valence-corrected chi connectivity index (χ4v) is 5.50. The van der Waals surface area contributed by atoms with Crippen LogP contribution in [-0.4, -0.2) is 34.6 Å². The number of hydrogen-bond acceptors (Lipinski definition) is 6. The molecule has 6 heteroatoms. The smallest absolute Gasteiger partial charge is 0.166 e. The Balaban J connectivity index is 1.74. The molecule has 0 bridgehead atoms. The van der Waals surface area contributed by atoms with Crippen LogP contribution >= 0.6 is 0 Å². The molecule has 180 valence electrons. The molecule has 0 saturated heterocycles. The van der Waals surface area contributed by atoms with Crippen LogP contribution in [0.25, 0.3) is 43.8 Å². The van der Waals surface area contributed by atoms with E-state index >= 15 is 0 Å². The van der Waals surface area contributed by atoms with Crippen molar-refractivity contribution in [2.75, 3.05) is 14.2 Å². The fraction of sp³-hybridized carbons (Fsp3) is 0.133. The molecule has 0 heterocycles. The van der Waals surface area contributed by atoms with E-state index < -0.39 is 0 Å². The van der Waals surface area contributed by atoms with Crippen molar-refractivity contribution in [2.45, 2.75) is 12.8 Å². The van der Waals surface area contributed by atoms with E-state index in [9.17, 15) is 20.4 Å². The van der Waals surface area contributed by atoms with Crippen LogP contribution in [0.2, 0.25) is 0 Å². The van der Waals surface area contributed by atoms with E-state index in [1.165, 1.54) is 14.2 Å². The number of methoxy groups -OCH3 is 2. The van der Waals surface area contributed by atoms with Crippen LogP contribution < -0.4 is 9.47 Å². The Morgan fingerprint density at radius 1 is 0.611 bits per heavy atom. The Labute approximate surface area is 207 Å². The number of rotatable bonds is 3. The zero-order valence-electron chi connectivity index (χ0n) is 19.8. The Kier molecular flexibility index (Phi) is 4.86. The number of fused-ring (bicyclic) bond motifs is 6. The first-order valence-electron chi connectivity index (χ1n) is 11.6. The number of phenols is 4. The van der Waals surface area contributed by atoms with Crippen molar-refractivity contribution in [3.05, 3.63) is 71.8 Å².